The molecular formula is C23H33N5O2. The van der Waals surface area contributed by atoms with Gasteiger partial charge in [0.2, 0.25) is 5.88 Å². The molecule has 0 aromatic carbocycles. The maximum atomic E-state index is 13.5. The lowest BCUT2D eigenvalue weighted by Crippen LogP contribution is -2.38. The van der Waals surface area contributed by atoms with Crippen LogP contribution in [0.1, 0.15) is 65.6 Å². The molecule has 1 aliphatic carbocycles. The third-order valence-corrected chi connectivity index (χ3v) is 5.62. The van der Waals surface area contributed by atoms with Gasteiger partial charge in [0.05, 0.1) is 18.3 Å². The van der Waals surface area contributed by atoms with E-state index in [0.717, 1.165) is 35.2 Å². The molecule has 30 heavy (non-hydrogen) atoms. The molecule has 0 unspecified atom stereocenters. The van der Waals surface area contributed by atoms with E-state index in [4.69, 9.17) is 4.74 Å². The van der Waals surface area contributed by atoms with Crippen LogP contribution in [0.4, 0.5) is 0 Å². The molecule has 3 rings (SSSR count). The van der Waals surface area contributed by atoms with Crippen LogP contribution >= 0.6 is 0 Å². The van der Waals surface area contributed by atoms with Crippen LogP contribution in [0.2, 0.25) is 0 Å². The molecule has 1 saturated carbocycles. The second kappa shape index (κ2) is 8.58. The Labute approximate surface area is 179 Å². The lowest BCUT2D eigenvalue weighted by Gasteiger charge is -2.30. The van der Waals surface area contributed by atoms with Crippen LogP contribution in [0, 0.1) is 0 Å². The first-order valence-electron chi connectivity index (χ1n) is 10.6. The van der Waals surface area contributed by atoms with Gasteiger partial charge in [-0.2, -0.15) is 0 Å². The number of fused-ring (bicyclic) bond motifs is 1. The van der Waals surface area contributed by atoms with Crippen LogP contribution in [0.25, 0.3) is 0 Å². The number of carbonyl (C=O) groups excluding carboxylic acids is 1. The average Bonchev–Trinajstić information content (AvgIpc) is 3.42. The Balaban J connectivity index is 1.86. The minimum Gasteiger partial charge on any atom is -0.475 e. The summed E-state index contributed by atoms with van der Waals surface area (Å²) in [6, 6.07) is 0. The normalized spacial score (nSPS) is 17.6. The van der Waals surface area contributed by atoms with E-state index in [1.165, 1.54) is 6.33 Å². The number of hydrogen-bond acceptors (Lipinski definition) is 6. The van der Waals surface area contributed by atoms with Gasteiger partial charge in [-0.3, -0.25) is 4.79 Å². The van der Waals surface area contributed by atoms with Crippen LogP contribution in [0.3, 0.4) is 0 Å². The van der Waals surface area contributed by atoms with Crippen molar-refractivity contribution in [3.05, 3.63) is 40.1 Å². The Hall–Kier alpha value is -2.70. The number of ether oxygens (including phenoxy) is 1. The summed E-state index contributed by atoms with van der Waals surface area (Å²) < 4.78 is 5.83. The van der Waals surface area contributed by atoms with E-state index in [2.05, 4.69) is 33.9 Å². The van der Waals surface area contributed by atoms with Gasteiger partial charge in [-0.1, -0.05) is 5.57 Å². The highest BCUT2D eigenvalue weighted by atomic mass is 16.5. The van der Waals surface area contributed by atoms with Crippen molar-refractivity contribution >= 4 is 12.6 Å². The highest BCUT2D eigenvalue weighted by Crippen LogP contribution is 2.36. The number of aromatic nitrogens is 2. The molecule has 0 radical (unpaired) electrons. The Kier molecular flexibility index (Phi) is 6.29. The summed E-state index contributed by atoms with van der Waals surface area (Å²) in [6.07, 6.45) is 4.42. The van der Waals surface area contributed by atoms with Crippen molar-refractivity contribution in [3.8, 4) is 5.88 Å². The maximum Gasteiger partial charge on any atom is 0.254 e. The van der Waals surface area contributed by atoms with Crippen molar-refractivity contribution in [3.63, 3.8) is 0 Å². The summed E-state index contributed by atoms with van der Waals surface area (Å²) >= 11 is 0. The van der Waals surface area contributed by atoms with Crippen LogP contribution in [-0.2, 0) is 17.8 Å². The Morgan fingerprint density at radius 2 is 2.00 bits per heavy atom. The summed E-state index contributed by atoms with van der Waals surface area (Å²) in [5.41, 5.74) is 4.38. The number of hydrogen-bond donors (Lipinski definition) is 1. The highest BCUT2D eigenvalue weighted by Gasteiger charge is 2.38. The zero-order valence-electron chi connectivity index (χ0n) is 19.0. The van der Waals surface area contributed by atoms with E-state index in [1.807, 2.05) is 39.5 Å². The molecule has 0 saturated heterocycles. The molecule has 2 heterocycles. The predicted molar refractivity (Wildman–Crippen MR) is 118 cm³/mol. The molecule has 0 spiro atoms. The van der Waals surface area contributed by atoms with E-state index >= 15 is 0 Å². The molecule has 0 bridgehead atoms. The van der Waals surface area contributed by atoms with Gasteiger partial charge in [-0.05, 0) is 67.5 Å². The second-order valence-corrected chi connectivity index (χ2v) is 8.94. The van der Waals surface area contributed by atoms with Gasteiger partial charge in [0.25, 0.3) is 5.91 Å². The average molecular weight is 412 g/mol. The fourth-order valence-electron chi connectivity index (χ4n) is 3.70. The van der Waals surface area contributed by atoms with Crippen LogP contribution < -0.4 is 10.1 Å². The van der Waals surface area contributed by atoms with Gasteiger partial charge < -0.3 is 15.0 Å². The molecule has 162 valence electrons. The number of rotatable bonds is 7. The summed E-state index contributed by atoms with van der Waals surface area (Å²) in [4.78, 5) is 28.3. The van der Waals surface area contributed by atoms with Crippen LogP contribution in [0.15, 0.2) is 33.9 Å². The Morgan fingerprint density at radius 1 is 1.30 bits per heavy atom. The van der Waals surface area contributed by atoms with Gasteiger partial charge in [-0.15, -0.1) is 0 Å². The van der Waals surface area contributed by atoms with E-state index in [1.54, 1.807) is 0 Å². The van der Waals surface area contributed by atoms with Gasteiger partial charge in [0, 0.05) is 28.8 Å². The van der Waals surface area contributed by atoms with Crippen molar-refractivity contribution in [1.29, 1.82) is 0 Å². The molecule has 7 heteroatoms. The summed E-state index contributed by atoms with van der Waals surface area (Å²) in [6.45, 7) is 16.7. The molecule has 1 aliphatic heterocycles. The first-order chi connectivity index (χ1) is 14.1. The highest BCUT2D eigenvalue weighted by molar-refractivity contribution is 5.98. The smallest absolute Gasteiger partial charge is 0.254 e. The van der Waals surface area contributed by atoms with Gasteiger partial charge in [0.1, 0.15) is 12.1 Å². The molecule has 1 aromatic rings. The third kappa shape index (κ3) is 4.71. The van der Waals surface area contributed by atoms with Gasteiger partial charge in [0.15, 0.2) is 0 Å². The Morgan fingerprint density at radius 3 is 2.57 bits per heavy atom. The van der Waals surface area contributed by atoms with Gasteiger partial charge in [-0.25, -0.2) is 15.0 Å². The fraction of sp³-hybridized carbons (Fsp3) is 0.565. The molecule has 0 atom stereocenters. The molecular weight excluding hydrogens is 378 g/mol. The third-order valence-electron chi connectivity index (χ3n) is 5.62. The molecule has 1 amide bonds. The lowest BCUT2D eigenvalue weighted by molar-refractivity contribution is -0.127. The summed E-state index contributed by atoms with van der Waals surface area (Å²) in [7, 11) is 0. The molecule has 1 fully saturated rings. The fourth-order valence-corrected chi connectivity index (χ4v) is 3.70. The maximum absolute atomic E-state index is 13.5. The van der Waals surface area contributed by atoms with Crippen molar-refractivity contribution in [2.24, 2.45) is 4.99 Å². The topological polar surface area (TPSA) is 79.7 Å². The first kappa shape index (κ1) is 22.0. The zero-order chi connectivity index (χ0) is 22.1. The minimum absolute atomic E-state index is 0.00742. The quantitative estimate of drug-likeness (QED) is 0.422. The number of nitrogens with one attached hydrogen (secondary N) is 1. The number of carbonyl (C=O) groups is 1. The molecule has 1 N–H and O–H groups in total. The number of amides is 1. The van der Waals surface area contributed by atoms with Crippen molar-refractivity contribution in [2.75, 3.05) is 6.54 Å². The van der Waals surface area contributed by atoms with E-state index < -0.39 is 0 Å². The standard InChI is InChI=1S/C23H33N5O2/c1-14(2)19(16(5)20(24-7)27-23(6)9-10-23)22(29)28-11-8-17-18(12-28)25-13-26-21(17)30-15(3)4/h13,15,27H,7-12H2,1-6H3/b20-16-. The molecule has 2 aliphatic rings. The van der Waals surface area contributed by atoms with Crippen LogP contribution in [0.5, 0.6) is 5.88 Å². The van der Waals surface area contributed by atoms with Crippen molar-refractivity contribution in [2.45, 2.75) is 79.0 Å². The molecule has 1 aromatic heterocycles. The number of aliphatic imine (C=N–C) groups is 1. The van der Waals surface area contributed by atoms with Gasteiger partial charge >= 0.3 is 0 Å². The SMILES string of the molecule is C=N/C(NC1(C)CC1)=C(\C)C(C(=O)N1CCc2c(ncnc2OC(C)C)C1)=C(C)C. The summed E-state index contributed by atoms with van der Waals surface area (Å²) in [5.74, 6) is 1.31. The first-order valence-corrected chi connectivity index (χ1v) is 10.6. The number of allylic oxidation sites excluding steroid dienone is 1. The monoisotopic (exact) mass is 411 g/mol. The van der Waals surface area contributed by atoms with E-state index in [-0.39, 0.29) is 17.6 Å². The van der Waals surface area contributed by atoms with E-state index in [0.29, 0.717) is 36.8 Å². The Bertz CT molecular complexity index is 908. The zero-order valence-corrected chi connectivity index (χ0v) is 19.0. The van der Waals surface area contributed by atoms with Crippen molar-refractivity contribution < 1.29 is 9.53 Å². The summed E-state index contributed by atoms with van der Waals surface area (Å²) in [5, 5.41) is 3.46. The van der Waals surface area contributed by atoms with E-state index in [9.17, 15) is 4.79 Å². The minimum atomic E-state index is -0.00742. The van der Waals surface area contributed by atoms with Crippen LogP contribution in [-0.4, -0.2) is 45.7 Å². The predicted octanol–water partition coefficient (Wildman–Crippen LogP) is 3.56. The number of nitrogens with zero attached hydrogens (tertiary/aromatic N) is 4. The molecule has 7 nitrogen and oxygen atoms in total. The largest absolute Gasteiger partial charge is 0.475 e. The lowest BCUT2D eigenvalue weighted by atomic mass is 9.98. The van der Waals surface area contributed by atoms with Crippen molar-refractivity contribution in [1.82, 2.24) is 20.2 Å². The second-order valence-electron chi connectivity index (χ2n) is 8.94.